The number of fused-ring (bicyclic) bond motifs is 1. The second-order valence-electron chi connectivity index (χ2n) is 9.27. The molecule has 10 heteroatoms. The first-order valence-electron chi connectivity index (χ1n) is 12.3. The summed E-state index contributed by atoms with van der Waals surface area (Å²) >= 11 is 11.4. The Balaban J connectivity index is 1.55. The molecule has 2 N–H and O–H groups in total. The molecule has 1 aliphatic heterocycles. The van der Waals surface area contributed by atoms with Crippen molar-refractivity contribution in [1.29, 1.82) is 0 Å². The number of hydrogen-bond acceptors (Lipinski definition) is 6. The summed E-state index contributed by atoms with van der Waals surface area (Å²) < 4.78 is 8.34. The zero-order valence-electron chi connectivity index (χ0n) is 21.9. The van der Waals surface area contributed by atoms with E-state index in [4.69, 9.17) is 26.4 Å². The maximum absolute atomic E-state index is 13.9. The number of halogens is 2. The molecular formula is C29H27BrClN5O2S. The van der Waals surface area contributed by atoms with Crippen LogP contribution >= 0.6 is 39.3 Å². The Hall–Kier alpha value is -3.27. The fourth-order valence-corrected chi connectivity index (χ4v) is 6.09. The SMILES string of the molecule is COc1ccc(Br)cc1[C@@H]1C(C(=O)Nc2ccc(C)cc2C)=C(C)Nc2nc(SCc3ccccc3Cl)nn21. The van der Waals surface area contributed by atoms with Crippen LogP contribution in [0.4, 0.5) is 11.6 Å². The Bertz CT molecular complexity index is 1600. The zero-order valence-corrected chi connectivity index (χ0v) is 25.0. The molecule has 0 spiro atoms. The number of carbonyl (C=O) groups is 1. The van der Waals surface area contributed by atoms with Gasteiger partial charge in [-0.1, -0.05) is 75.2 Å². The number of benzene rings is 3. The van der Waals surface area contributed by atoms with Gasteiger partial charge in [-0.2, -0.15) is 4.98 Å². The first kappa shape index (κ1) is 27.3. The lowest BCUT2D eigenvalue weighted by Crippen LogP contribution is -2.32. The van der Waals surface area contributed by atoms with Crippen molar-refractivity contribution in [1.82, 2.24) is 14.8 Å². The summed E-state index contributed by atoms with van der Waals surface area (Å²) in [6.07, 6.45) is 0. The molecule has 0 unspecified atom stereocenters. The topological polar surface area (TPSA) is 81.1 Å². The van der Waals surface area contributed by atoms with E-state index in [1.54, 1.807) is 11.8 Å². The molecule has 2 heterocycles. The highest BCUT2D eigenvalue weighted by molar-refractivity contribution is 9.10. The summed E-state index contributed by atoms with van der Waals surface area (Å²) in [5.74, 6) is 1.57. The lowest BCUT2D eigenvalue weighted by Gasteiger charge is -2.29. The number of allylic oxidation sites excluding steroid dienone is 1. The molecule has 1 amide bonds. The normalized spacial score (nSPS) is 14.6. The molecule has 1 aliphatic rings. The van der Waals surface area contributed by atoms with Gasteiger partial charge in [0, 0.05) is 32.2 Å². The number of aromatic nitrogens is 3. The van der Waals surface area contributed by atoms with E-state index in [2.05, 4.69) is 26.6 Å². The van der Waals surface area contributed by atoms with E-state index in [0.29, 0.717) is 38.9 Å². The molecule has 0 bridgehead atoms. The lowest BCUT2D eigenvalue weighted by molar-refractivity contribution is -0.113. The average Bonchev–Trinajstić information content (AvgIpc) is 3.31. The molecule has 0 saturated heterocycles. The van der Waals surface area contributed by atoms with Crippen LogP contribution in [-0.4, -0.2) is 27.8 Å². The van der Waals surface area contributed by atoms with Crippen LogP contribution in [0.25, 0.3) is 0 Å². The minimum atomic E-state index is -0.582. The summed E-state index contributed by atoms with van der Waals surface area (Å²) in [5, 5.41) is 12.5. The number of carbonyl (C=O) groups excluding carboxylic acids is 1. The predicted molar refractivity (Wildman–Crippen MR) is 161 cm³/mol. The number of anilines is 2. The van der Waals surface area contributed by atoms with Crippen LogP contribution in [0.5, 0.6) is 5.75 Å². The highest BCUT2D eigenvalue weighted by Crippen LogP contribution is 2.41. The maximum Gasteiger partial charge on any atom is 0.255 e. The fraction of sp³-hybridized carbons (Fsp3) is 0.207. The molecule has 5 rings (SSSR count). The minimum Gasteiger partial charge on any atom is -0.496 e. The van der Waals surface area contributed by atoms with Crippen molar-refractivity contribution >= 4 is 56.8 Å². The molecular weight excluding hydrogens is 598 g/mol. The number of amides is 1. The van der Waals surface area contributed by atoms with E-state index in [-0.39, 0.29) is 5.91 Å². The van der Waals surface area contributed by atoms with Gasteiger partial charge in [-0.05, 0) is 62.2 Å². The molecule has 4 aromatic rings. The number of nitrogens with one attached hydrogen (secondary N) is 2. The first-order valence-corrected chi connectivity index (χ1v) is 14.4. The van der Waals surface area contributed by atoms with E-state index in [9.17, 15) is 4.79 Å². The Morgan fingerprint density at radius 3 is 2.69 bits per heavy atom. The van der Waals surface area contributed by atoms with Gasteiger partial charge < -0.3 is 15.4 Å². The Morgan fingerprint density at radius 2 is 1.95 bits per heavy atom. The molecule has 200 valence electrons. The summed E-state index contributed by atoms with van der Waals surface area (Å²) in [6, 6.07) is 18.8. The third-order valence-electron chi connectivity index (χ3n) is 6.51. The number of rotatable bonds is 7. The molecule has 3 aromatic carbocycles. The van der Waals surface area contributed by atoms with Crippen molar-refractivity contribution in [3.63, 3.8) is 0 Å². The van der Waals surface area contributed by atoms with Crippen LogP contribution in [0.3, 0.4) is 0 Å². The zero-order chi connectivity index (χ0) is 27.7. The van der Waals surface area contributed by atoms with Gasteiger partial charge in [0.2, 0.25) is 11.1 Å². The molecule has 7 nitrogen and oxygen atoms in total. The highest BCUT2D eigenvalue weighted by atomic mass is 79.9. The van der Waals surface area contributed by atoms with Gasteiger partial charge in [0.1, 0.15) is 11.8 Å². The summed E-state index contributed by atoms with van der Waals surface area (Å²) in [7, 11) is 1.62. The van der Waals surface area contributed by atoms with Gasteiger partial charge in [-0.15, -0.1) is 5.10 Å². The molecule has 1 atom stereocenters. The highest BCUT2D eigenvalue weighted by Gasteiger charge is 2.36. The summed E-state index contributed by atoms with van der Waals surface area (Å²) in [4.78, 5) is 18.6. The van der Waals surface area contributed by atoms with Crippen molar-refractivity contribution in [3.05, 3.63) is 104 Å². The predicted octanol–water partition coefficient (Wildman–Crippen LogP) is 7.54. The number of thioether (sulfide) groups is 1. The average molecular weight is 625 g/mol. The number of aryl methyl sites for hydroxylation is 2. The van der Waals surface area contributed by atoms with Crippen LogP contribution in [0.2, 0.25) is 5.02 Å². The van der Waals surface area contributed by atoms with Crippen molar-refractivity contribution in [2.45, 2.75) is 37.7 Å². The van der Waals surface area contributed by atoms with Gasteiger partial charge in [0.05, 0.1) is 12.7 Å². The maximum atomic E-state index is 13.9. The van der Waals surface area contributed by atoms with Crippen LogP contribution < -0.4 is 15.4 Å². The molecule has 0 saturated carbocycles. The Labute approximate surface area is 245 Å². The smallest absolute Gasteiger partial charge is 0.255 e. The standard InChI is InChI=1S/C29H27BrClN5O2S/c1-16-9-11-23(17(2)13-16)33-27(37)25-18(3)32-28-34-29(39-15-19-7-5-6-8-22(19)31)35-36(28)26(25)21-14-20(30)10-12-24(21)38-4/h5-14,26H,15H2,1-4H3,(H,33,37)(H,32,34,35)/t26-/m1/s1. The van der Waals surface area contributed by atoms with E-state index >= 15 is 0 Å². The summed E-state index contributed by atoms with van der Waals surface area (Å²) in [5.41, 5.74) is 5.86. The number of nitrogens with zero attached hydrogens (tertiary/aromatic N) is 3. The Morgan fingerprint density at radius 1 is 1.15 bits per heavy atom. The van der Waals surface area contributed by atoms with Gasteiger partial charge in [0.25, 0.3) is 5.91 Å². The molecule has 0 fully saturated rings. The van der Waals surface area contributed by atoms with Crippen molar-refractivity contribution < 1.29 is 9.53 Å². The molecule has 1 aromatic heterocycles. The number of methoxy groups -OCH3 is 1. The summed E-state index contributed by atoms with van der Waals surface area (Å²) in [6.45, 7) is 5.89. The van der Waals surface area contributed by atoms with Crippen LogP contribution in [0, 0.1) is 13.8 Å². The van der Waals surface area contributed by atoms with Gasteiger partial charge in [-0.3, -0.25) is 4.79 Å². The van der Waals surface area contributed by atoms with Gasteiger partial charge in [-0.25, -0.2) is 4.68 Å². The van der Waals surface area contributed by atoms with Gasteiger partial charge >= 0.3 is 0 Å². The van der Waals surface area contributed by atoms with Crippen molar-refractivity contribution in [2.24, 2.45) is 0 Å². The molecule has 0 aliphatic carbocycles. The van der Waals surface area contributed by atoms with E-state index in [0.717, 1.165) is 32.4 Å². The number of ether oxygens (including phenoxy) is 1. The third kappa shape index (κ3) is 5.71. The number of hydrogen-bond donors (Lipinski definition) is 2. The third-order valence-corrected chi connectivity index (χ3v) is 8.26. The van der Waals surface area contributed by atoms with Crippen molar-refractivity contribution in [2.75, 3.05) is 17.7 Å². The van der Waals surface area contributed by atoms with E-state index < -0.39 is 6.04 Å². The second kappa shape index (κ2) is 11.5. The molecule has 0 radical (unpaired) electrons. The van der Waals surface area contributed by atoms with Crippen LogP contribution in [0.1, 0.15) is 35.2 Å². The van der Waals surface area contributed by atoms with E-state index in [1.807, 2.05) is 81.4 Å². The Kier molecular flexibility index (Phi) is 8.02. The van der Waals surface area contributed by atoms with Crippen LogP contribution in [0.15, 0.2) is 81.6 Å². The second-order valence-corrected chi connectivity index (χ2v) is 11.5. The minimum absolute atomic E-state index is 0.231. The van der Waals surface area contributed by atoms with Crippen LogP contribution in [-0.2, 0) is 10.5 Å². The monoisotopic (exact) mass is 623 g/mol. The molecule has 39 heavy (non-hydrogen) atoms. The van der Waals surface area contributed by atoms with Gasteiger partial charge in [0.15, 0.2) is 0 Å². The quantitative estimate of drug-likeness (QED) is 0.207. The lowest BCUT2D eigenvalue weighted by atomic mass is 9.94. The van der Waals surface area contributed by atoms with E-state index in [1.165, 1.54) is 11.8 Å². The largest absolute Gasteiger partial charge is 0.496 e. The van der Waals surface area contributed by atoms with Crippen molar-refractivity contribution in [3.8, 4) is 5.75 Å². The first-order chi connectivity index (χ1) is 18.7. The fourth-order valence-electron chi connectivity index (χ4n) is 4.59.